The number of anilines is 1. The highest BCUT2D eigenvalue weighted by Gasteiger charge is 2.24. The third-order valence-electron chi connectivity index (χ3n) is 4.26. The minimum Gasteiger partial charge on any atom is -0.489 e. The van der Waals surface area contributed by atoms with Crippen LogP contribution in [0.25, 0.3) is 0 Å². The smallest absolute Gasteiger partial charge is 0.121 e. The second kappa shape index (κ2) is 5.04. The quantitative estimate of drug-likeness (QED) is 0.830. The summed E-state index contributed by atoms with van der Waals surface area (Å²) in [6, 6.07) is 7.18. The van der Waals surface area contributed by atoms with Gasteiger partial charge in [0.2, 0.25) is 0 Å². The fraction of sp³-hybridized carbons (Fsp3) is 0.625. The third kappa shape index (κ3) is 2.57. The van der Waals surface area contributed by atoms with E-state index in [0.717, 1.165) is 31.8 Å². The molecule has 1 saturated heterocycles. The molecule has 0 saturated carbocycles. The van der Waals surface area contributed by atoms with Gasteiger partial charge in [0.1, 0.15) is 11.9 Å². The molecule has 2 aliphatic rings. The maximum atomic E-state index is 6.13. The summed E-state index contributed by atoms with van der Waals surface area (Å²) in [6.45, 7) is 7.85. The number of nitrogens with zero attached hydrogens (tertiary/aromatic N) is 2. The number of rotatable bonds is 3. The summed E-state index contributed by atoms with van der Waals surface area (Å²) in [7, 11) is 2.16. The van der Waals surface area contributed by atoms with E-state index in [1.807, 2.05) is 0 Å². The maximum Gasteiger partial charge on any atom is 0.121 e. The Labute approximate surface area is 116 Å². The average molecular weight is 260 g/mol. The number of benzene rings is 1. The standard InChI is InChI=1S/C16H24N2O/c1-12(2)18-9-6-13-4-5-14(10-16(13)18)19-15-7-8-17(3)11-15/h4-5,10,12,15H,6-9,11H2,1-3H3. The highest BCUT2D eigenvalue weighted by Crippen LogP contribution is 2.33. The van der Waals surface area contributed by atoms with Crippen molar-refractivity contribution in [3.63, 3.8) is 0 Å². The van der Waals surface area contributed by atoms with Gasteiger partial charge >= 0.3 is 0 Å². The first-order valence-electron chi connectivity index (χ1n) is 7.38. The molecule has 0 N–H and O–H groups in total. The average Bonchev–Trinajstić information content (AvgIpc) is 2.95. The molecule has 1 unspecified atom stereocenters. The molecule has 3 rings (SSSR count). The lowest BCUT2D eigenvalue weighted by atomic mass is 10.1. The maximum absolute atomic E-state index is 6.13. The van der Waals surface area contributed by atoms with Crippen LogP contribution in [0.15, 0.2) is 18.2 Å². The van der Waals surface area contributed by atoms with E-state index in [4.69, 9.17) is 4.74 Å². The van der Waals surface area contributed by atoms with Crippen molar-refractivity contribution in [1.82, 2.24) is 4.90 Å². The molecule has 1 aromatic rings. The Balaban J connectivity index is 1.75. The van der Waals surface area contributed by atoms with Crippen molar-refractivity contribution in [1.29, 1.82) is 0 Å². The number of fused-ring (bicyclic) bond motifs is 1. The van der Waals surface area contributed by atoms with Gasteiger partial charge in [-0.15, -0.1) is 0 Å². The summed E-state index contributed by atoms with van der Waals surface area (Å²) in [5.74, 6) is 1.03. The Morgan fingerprint density at radius 2 is 2.11 bits per heavy atom. The number of likely N-dealkylation sites (N-methyl/N-ethyl adjacent to an activating group) is 1. The first-order chi connectivity index (χ1) is 9.13. The normalized spacial score (nSPS) is 23.2. The van der Waals surface area contributed by atoms with Crippen LogP contribution in [0.4, 0.5) is 5.69 Å². The van der Waals surface area contributed by atoms with Gasteiger partial charge in [-0.05, 0) is 45.4 Å². The first kappa shape index (κ1) is 12.8. The molecule has 0 radical (unpaired) electrons. The van der Waals surface area contributed by atoms with Gasteiger partial charge in [-0.2, -0.15) is 0 Å². The SMILES string of the molecule is CC(C)N1CCc2ccc(OC3CCN(C)C3)cc21. The van der Waals surface area contributed by atoms with Crippen LogP contribution >= 0.6 is 0 Å². The molecule has 19 heavy (non-hydrogen) atoms. The van der Waals surface area contributed by atoms with E-state index >= 15 is 0 Å². The second-order valence-corrected chi connectivity index (χ2v) is 6.12. The predicted molar refractivity (Wildman–Crippen MR) is 79.2 cm³/mol. The van der Waals surface area contributed by atoms with Crippen LogP contribution in [0.3, 0.4) is 0 Å². The molecule has 0 aromatic heterocycles. The highest BCUT2D eigenvalue weighted by molar-refractivity contribution is 5.61. The summed E-state index contributed by atoms with van der Waals surface area (Å²) in [6.07, 6.45) is 2.67. The van der Waals surface area contributed by atoms with Crippen LogP contribution in [0.2, 0.25) is 0 Å². The molecular formula is C16H24N2O. The first-order valence-corrected chi connectivity index (χ1v) is 7.38. The summed E-state index contributed by atoms with van der Waals surface area (Å²) in [5, 5.41) is 0. The Bertz CT molecular complexity index is 458. The van der Waals surface area contributed by atoms with Gasteiger partial charge in [0.15, 0.2) is 0 Å². The van der Waals surface area contributed by atoms with E-state index < -0.39 is 0 Å². The van der Waals surface area contributed by atoms with Crippen molar-refractivity contribution in [2.75, 3.05) is 31.6 Å². The van der Waals surface area contributed by atoms with Gasteiger partial charge in [0.25, 0.3) is 0 Å². The molecule has 2 heterocycles. The molecule has 1 fully saturated rings. The molecule has 0 spiro atoms. The van der Waals surface area contributed by atoms with Crippen molar-refractivity contribution < 1.29 is 4.74 Å². The molecule has 0 amide bonds. The van der Waals surface area contributed by atoms with Crippen LogP contribution in [-0.2, 0) is 6.42 Å². The lowest BCUT2D eigenvalue weighted by Crippen LogP contribution is -2.28. The highest BCUT2D eigenvalue weighted by atomic mass is 16.5. The summed E-state index contributed by atoms with van der Waals surface area (Å²) < 4.78 is 6.13. The Morgan fingerprint density at radius 3 is 2.79 bits per heavy atom. The number of hydrogen-bond donors (Lipinski definition) is 0. The van der Waals surface area contributed by atoms with Crippen molar-refractivity contribution >= 4 is 5.69 Å². The van der Waals surface area contributed by atoms with Crippen molar-refractivity contribution in [3.05, 3.63) is 23.8 Å². The zero-order valence-electron chi connectivity index (χ0n) is 12.2. The van der Waals surface area contributed by atoms with Gasteiger partial charge < -0.3 is 14.5 Å². The topological polar surface area (TPSA) is 15.7 Å². The lowest BCUT2D eigenvalue weighted by Gasteiger charge is -2.24. The molecule has 104 valence electrons. The lowest BCUT2D eigenvalue weighted by molar-refractivity contribution is 0.208. The molecule has 1 aromatic carbocycles. The van der Waals surface area contributed by atoms with Gasteiger partial charge in [-0.3, -0.25) is 0 Å². The fourth-order valence-electron chi connectivity index (χ4n) is 3.18. The van der Waals surface area contributed by atoms with E-state index in [1.54, 1.807) is 0 Å². The summed E-state index contributed by atoms with van der Waals surface area (Å²) >= 11 is 0. The van der Waals surface area contributed by atoms with E-state index in [0.29, 0.717) is 12.1 Å². The monoisotopic (exact) mass is 260 g/mol. The Kier molecular flexibility index (Phi) is 3.40. The van der Waals surface area contributed by atoms with Crippen LogP contribution in [0.1, 0.15) is 25.8 Å². The number of ether oxygens (including phenoxy) is 1. The zero-order valence-corrected chi connectivity index (χ0v) is 12.2. The van der Waals surface area contributed by atoms with E-state index in [9.17, 15) is 0 Å². The van der Waals surface area contributed by atoms with Gasteiger partial charge in [-0.25, -0.2) is 0 Å². The Hall–Kier alpha value is -1.22. The van der Waals surface area contributed by atoms with Gasteiger partial charge in [0, 0.05) is 37.4 Å². The van der Waals surface area contributed by atoms with Crippen molar-refractivity contribution in [2.45, 2.75) is 38.8 Å². The van der Waals surface area contributed by atoms with Gasteiger partial charge in [-0.1, -0.05) is 6.07 Å². The minimum atomic E-state index is 0.358. The van der Waals surface area contributed by atoms with Crippen molar-refractivity contribution in [3.8, 4) is 5.75 Å². The van der Waals surface area contributed by atoms with Crippen LogP contribution in [-0.4, -0.2) is 43.7 Å². The van der Waals surface area contributed by atoms with E-state index in [2.05, 4.69) is 48.9 Å². The Morgan fingerprint density at radius 1 is 1.26 bits per heavy atom. The van der Waals surface area contributed by atoms with Crippen LogP contribution in [0, 0.1) is 0 Å². The van der Waals surface area contributed by atoms with E-state index in [-0.39, 0.29) is 0 Å². The van der Waals surface area contributed by atoms with E-state index in [1.165, 1.54) is 17.7 Å². The molecule has 3 heteroatoms. The molecule has 2 aliphatic heterocycles. The van der Waals surface area contributed by atoms with Crippen LogP contribution in [0.5, 0.6) is 5.75 Å². The van der Waals surface area contributed by atoms with Crippen molar-refractivity contribution in [2.24, 2.45) is 0 Å². The number of hydrogen-bond acceptors (Lipinski definition) is 3. The molecule has 0 bridgehead atoms. The largest absolute Gasteiger partial charge is 0.489 e. The molecule has 3 nitrogen and oxygen atoms in total. The predicted octanol–water partition coefficient (Wildman–Crippen LogP) is 2.54. The zero-order chi connectivity index (χ0) is 13.4. The number of likely N-dealkylation sites (tertiary alicyclic amines) is 1. The van der Waals surface area contributed by atoms with Crippen LogP contribution < -0.4 is 9.64 Å². The fourth-order valence-corrected chi connectivity index (χ4v) is 3.18. The summed E-state index contributed by atoms with van der Waals surface area (Å²) in [4.78, 5) is 4.81. The third-order valence-corrected chi connectivity index (χ3v) is 4.26. The summed E-state index contributed by atoms with van der Waals surface area (Å²) in [5.41, 5.74) is 2.84. The molecular weight excluding hydrogens is 236 g/mol. The van der Waals surface area contributed by atoms with Gasteiger partial charge in [0.05, 0.1) is 0 Å². The minimum absolute atomic E-state index is 0.358. The second-order valence-electron chi connectivity index (χ2n) is 6.12. The molecule has 0 aliphatic carbocycles. The molecule has 1 atom stereocenters.